The maximum atomic E-state index is 14.8. The lowest BCUT2D eigenvalue weighted by molar-refractivity contribution is -0.134. The molecule has 160 valence electrons. The van der Waals surface area contributed by atoms with Gasteiger partial charge in [0.1, 0.15) is 5.82 Å². The molecule has 29 heavy (non-hydrogen) atoms. The van der Waals surface area contributed by atoms with E-state index in [1.165, 1.54) is 29.8 Å². The molecule has 2 saturated heterocycles. The van der Waals surface area contributed by atoms with Gasteiger partial charge in [0.05, 0.1) is 24.2 Å². The maximum Gasteiger partial charge on any atom is 0.416 e. The molecule has 2 aliphatic rings. The van der Waals surface area contributed by atoms with E-state index in [9.17, 15) is 22.4 Å². The number of sulfonamides is 1. The molecule has 3 rings (SSSR count). The van der Waals surface area contributed by atoms with Crippen LogP contribution in [0.3, 0.4) is 0 Å². The van der Waals surface area contributed by atoms with Crippen LogP contribution in [-0.2, 0) is 19.6 Å². The zero-order chi connectivity index (χ0) is 21.5. The highest BCUT2D eigenvalue weighted by molar-refractivity contribution is 7.88. The predicted octanol–water partition coefficient (Wildman–Crippen LogP) is 0.961. The highest BCUT2D eigenvalue weighted by atomic mass is 32.2. The molecule has 2 heterocycles. The Labute approximate surface area is 169 Å². The van der Waals surface area contributed by atoms with E-state index >= 15 is 0 Å². The van der Waals surface area contributed by atoms with Crippen LogP contribution in [0.15, 0.2) is 18.2 Å². The number of carbonyl (C=O) groups is 2. The quantitative estimate of drug-likeness (QED) is 0.750. The number of amides is 2. The van der Waals surface area contributed by atoms with Crippen molar-refractivity contribution >= 4 is 33.4 Å². The van der Waals surface area contributed by atoms with Crippen LogP contribution in [0.2, 0.25) is 0 Å². The van der Waals surface area contributed by atoms with Crippen LogP contribution in [-0.4, -0.2) is 70.5 Å². The van der Waals surface area contributed by atoms with Gasteiger partial charge in [0.2, 0.25) is 15.9 Å². The van der Waals surface area contributed by atoms with Crippen molar-refractivity contribution in [2.75, 3.05) is 42.7 Å². The van der Waals surface area contributed by atoms with Crippen LogP contribution in [0.5, 0.6) is 0 Å². The molecule has 0 spiro atoms. The number of likely N-dealkylation sites (N-methyl/N-ethyl adjacent to an activating group) is 1. The number of hydrogen-bond donors (Lipinski definition) is 1. The topological polar surface area (TPSA) is 99.3 Å². The van der Waals surface area contributed by atoms with Gasteiger partial charge in [-0.3, -0.25) is 9.69 Å². The van der Waals surface area contributed by atoms with Crippen LogP contribution in [0.4, 0.5) is 20.6 Å². The van der Waals surface area contributed by atoms with E-state index in [4.69, 9.17) is 4.74 Å². The van der Waals surface area contributed by atoms with Crippen molar-refractivity contribution in [1.82, 2.24) is 9.62 Å². The van der Waals surface area contributed by atoms with Crippen molar-refractivity contribution in [2.24, 2.45) is 5.92 Å². The average Bonchev–Trinajstić information content (AvgIpc) is 3.15. The summed E-state index contributed by atoms with van der Waals surface area (Å²) >= 11 is 0. The molecule has 2 fully saturated rings. The summed E-state index contributed by atoms with van der Waals surface area (Å²) in [5.41, 5.74) is 0.664. The number of carbonyl (C=O) groups excluding carboxylic acids is 2. The number of hydrogen-bond acceptors (Lipinski definition) is 6. The smallest absolute Gasteiger partial charge is 0.416 e. The van der Waals surface area contributed by atoms with E-state index < -0.39 is 28.2 Å². The van der Waals surface area contributed by atoms with Gasteiger partial charge in [0, 0.05) is 33.1 Å². The van der Waals surface area contributed by atoms with Crippen LogP contribution in [0.25, 0.3) is 0 Å². The summed E-state index contributed by atoms with van der Waals surface area (Å²) in [5.74, 6) is -0.752. The lowest BCUT2D eigenvalue weighted by Gasteiger charge is -2.22. The van der Waals surface area contributed by atoms with E-state index in [1.807, 2.05) is 6.92 Å². The summed E-state index contributed by atoms with van der Waals surface area (Å²) in [7, 11) is -1.82. The number of anilines is 2. The minimum absolute atomic E-state index is 0.0141. The molecule has 0 aliphatic carbocycles. The lowest BCUT2D eigenvalue weighted by atomic mass is 10.1. The van der Waals surface area contributed by atoms with Gasteiger partial charge in [-0.25, -0.2) is 22.3 Å². The molecule has 0 aromatic heterocycles. The van der Waals surface area contributed by atoms with Crippen molar-refractivity contribution < 1.29 is 27.1 Å². The Hall–Kier alpha value is -2.40. The summed E-state index contributed by atoms with van der Waals surface area (Å²) in [6.07, 6.45) is -0.281. The number of ether oxygens (including phenoxy) is 1. The molecule has 2 aliphatic heterocycles. The molecule has 0 radical (unpaired) electrons. The Kier molecular flexibility index (Phi) is 5.72. The first-order valence-corrected chi connectivity index (χ1v) is 11.1. The largest absolute Gasteiger partial charge is 0.423 e. The van der Waals surface area contributed by atoms with Gasteiger partial charge in [-0.15, -0.1) is 0 Å². The van der Waals surface area contributed by atoms with Crippen molar-refractivity contribution in [3.8, 4) is 0 Å². The number of benzene rings is 1. The number of nitrogens with one attached hydrogen (secondary N) is 1. The van der Waals surface area contributed by atoms with E-state index in [2.05, 4.69) is 4.72 Å². The van der Waals surface area contributed by atoms with E-state index in [-0.39, 0.29) is 24.4 Å². The first-order chi connectivity index (χ1) is 13.5. The van der Waals surface area contributed by atoms with Gasteiger partial charge in [0.15, 0.2) is 6.23 Å². The second-order valence-corrected chi connectivity index (χ2v) is 9.37. The van der Waals surface area contributed by atoms with Crippen LogP contribution in [0, 0.1) is 11.7 Å². The number of halogens is 1. The molecule has 1 aromatic carbocycles. The predicted molar refractivity (Wildman–Crippen MR) is 106 cm³/mol. The van der Waals surface area contributed by atoms with Gasteiger partial charge in [-0.2, -0.15) is 0 Å². The molecule has 11 heteroatoms. The summed E-state index contributed by atoms with van der Waals surface area (Å²) in [5, 5.41) is 0. The Morgan fingerprint density at radius 1 is 1.31 bits per heavy atom. The molecule has 1 N–H and O–H groups in total. The minimum Gasteiger partial charge on any atom is -0.423 e. The molecule has 0 bridgehead atoms. The standard InChI is InChI=1S/C18H25FN4O5S/c1-11-8-22(9-15(11)20-29(4,26)27)16-6-5-13(7-14(16)19)23-10-17(28-18(23)25)21(3)12(2)24/h5-7,11,15,17,20H,8-10H2,1-4H3/t11-,15+,17?/m1/s1. The average molecular weight is 428 g/mol. The third kappa shape index (κ3) is 4.61. The highest BCUT2D eigenvalue weighted by Gasteiger charge is 2.37. The second kappa shape index (κ2) is 7.79. The number of cyclic esters (lactones) is 1. The molecule has 9 nitrogen and oxygen atoms in total. The number of rotatable bonds is 5. The lowest BCUT2D eigenvalue weighted by Crippen LogP contribution is -2.39. The summed E-state index contributed by atoms with van der Waals surface area (Å²) in [6, 6.07) is 4.11. The third-order valence-electron chi connectivity index (χ3n) is 5.29. The second-order valence-electron chi connectivity index (χ2n) is 7.59. The highest BCUT2D eigenvalue weighted by Crippen LogP contribution is 2.31. The summed E-state index contributed by atoms with van der Waals surface area (Å²) in [4.78, 5) is 28.0. The molecule has 1 aromatic rings. The summed E-state index contributed by atoms with van der Waals surface area (Å²) in [6.45, 7) is 4.23. The van der Waals surface area contributed by atoms with Crippen LogP contribution < -0.4 is 14.5 Å². The van der Waals surface area contributed by atoms with Crippen molar-refractivity contribution in [1.29, 1.82) is 0 Å². The zero-order valence-electron chi connectivity index (χ0n) is 16.8. The number of nitrogens with zero attached hydrogens (tertiary/aromatic N) is 3. The normalized spacial score (nSPS) is 24.7. The van der Waals surface area contributed by atoms with Gasteiger partial charge in [0.25, 0.3) is 0 Å². The monoisotopic (exact) mass is 428 g/mol. The summed E-state index contributed by atoms with van der Waals surface area (Å²) < 4.78 is 45.6. The fourth-order valence-corrected chi connectivity index (χ4v) is 4.43. The van der Waals surface area contributed by atoms with Gasteiger partial charge in [-0.1, -0.05) is 6.92 Å². The molecule has 1 unspecified atom stereocenters. The van der Waals surface area contributed by atoms with Crippen LogP contribution in [0.1, 0.15) is 13.8 Å². The van der Waals surface area contributed by atoms with E-state index in [0.717, 1.165) is 6.26 Å². The molecular weight excluding hydrogens is 403 g/mol. The Morgan fingerprint density at radius 3 is 2.59 bits per heavy atom. The van der Waals surface area contributed by atoms with E-state index in [0.29, 0.717) is 24.5 Å². The van der Waals surface area contributed by atoms with Gasteiger partial charge in [-0.05, 0) is 24.1 Å². The molecular formula is C18H25FN4O5S. The Morgan fingerprint density at radius 2 is 2.00 bits per heavy atom. The maximum absolute atomic E-state index is 14.8. The van der Waals surface area contributed by atoms with Crippen molar-refractivity contribution in [3.05, 3.63) is 24.0 Å². The van der Waals surface area contributed by atoms with E-state index in [1.54, 1.807) is 17.0 Å². The molecule has 2 amide bonds. The van der Waals surface area contributed by atoms with Crippen molar-refractivity contribution in [2.45, 2.75) is 26.1 Å². The van der Waals surface area contributed by atoms with Crippen molar-refractivity contribution in [3.63, 3.8) is 0 Å². The molecule has 0 saturated carbocycles. The van der Waals surface area contributed by atoms with Gasteiger partial charge >= 0.3 is 6.09 Å². The first kappa shape index (κ1) is 21.3. The fraction of sp³-hybridized carbons (Fsp3) is 0.556. The van der Waals surface area contributed by atoms with Gasteiger partial charge < -0.3 is 14.5 Å². The molecule has 3 atom stereocenters. The third-order valence-corrected chi connectivity index (χ3v) is 6.02. The zero-order valence-corrected chi connectivity index (χ0v) is 17.6. The minimum atomic E-state index is -3.36. The Bertz CT molecular complexity index is 925. The fourth-order valence-electron chi connectivity index (χ4n) is 3.58. The van der Waals surface area contributed by atoms with Crippen LogP contribution >= 0.6 is 0 Å². The first-order valence-electron chi connectivity index (χ1n) is 9.19. The Balaban J connectivity index is 1.74. The SMILES string of the molecule is CC(=O)N(C)C1CN(c2ccc(N3C[C@@H](C)[C@@H](NS(C)(=O)=O)C3)c(F)c2)C(=O)O1.